The Morgan fingerprint density at radius 2 is 2.00 bits per heavy atom. The van der Waals surface area contributed by atoms with E-state index in [1.54, 1.807) is 20.8 Å². The van der Waals surface area contributed by atoms with Gasteiger partial charge in [0.25, 0.3) is 10.0 Å². The number of aryl methyl sites for hydroxylation is 1. The highest BCUT2D eigenvalue weighted by molar-refractivity contribution is 7.91. The SMILES string of the molecule is CCN(CC)S(=O)(=O)c1sc(NC(=O)OC)nc1C. The number of methoxy groups -OCH3 is 1. The minimum Gasteiger partial charge on any atom is -0.453 e. The predicted octanol–water partition coefficient (Wildman–Crippen LogP) is 1.66. The molecule has 0 saturated carbocycles. The van der Waals surface area contributed by atoms with Gasteiger partial charge >= 0.3 is 6.09 Å². The van der Waals surface area contributed by atoms with Gasteiger partial charge in [0, 0.05) is 13.1 Å². The minimum absolute atomic E-state index is 0.141. The fourth-order valence-corrected chi connectivity index (χ4v) is 4.49. The molecule has 108 valence electrons. The number of carbonyl (C=O) groups excluding carboxylic acids is 1. The summed E-state index contributed by atoms with van der Waals surface area (Å²) in [5, 5.41) is 2.57. The topological polar surface area (TPSA) is 88.6 Å². The molecule has 19 heavy (non-hydrogen) atoms. The van der Waals surface area contributed by atoms with Crippen molar-refractivity contribution >= 4 is 32.6 Å². The highest BCUT2D eigenvalue weighted by Crippen LogP contribution is 2.29. The van der Waals surface area contributed by atoms with Crippen molar-refractivity contribution in [3.63, 3.8) is 0 Å². The third-order valence-electron chi connectivity index (χ3n) is 2.43. The summed E-state index contributed by atoms with van der Waals surface area (Å²) >= 11 is 0.917. The molecule has 0 atom stereocenters. The molecule has 0 saturated heterocycles. The number of hydrogen-bond donors (Lipinski definition) is 1. The van der Waals surface area contributed by atoms with E-state index in [-0.39, 0.29) is 9.34 Å². The number of carbonyl (C=O) groups is 1. The Balaban J connectivity index is 3.11. The van der Waals surface area contributed by atoms with Gasteiger partial charge in [0.05, 0.1) is 12.8 Å². The van der Waals surface area contributed by atoms with Gasteiger partial charge in [0.15, 0.2) is 9.34 Å². The molecule has 1 aromatic heterocycles. The molecule has 0 aliphatic carbocycles. The van der Waals surface area contributed by atoms with Crippen LogP contribution in [0.2, 0.25) is 0 Å². The smallest absolute Gasteiger partial charge is 0.413 e. The molecule has 1 amide bonds. The van der Waals surface area contributed by atoms with Crippen LogP contribution in [0.4, 0.5) is 9.93 Å². The fraction of sp³-hybridized carbons (Fsp3) is 0.600. The van der Waals surface area contributed by atoms with Crippen molar-refractivity contribution in [2.45, 2.75) is 25.0 Å². The first-order valence-corrected chi connectivity index (χ1v) is 7.95. The monoisotopic (exact) mass is 307 g/mol. The first kappa shape index (κ1) is 15.9. The van der Waals surface area contributed by atoms with Gasteiger partial charge in [-0.1, -0.05) is 25.2 Å². The van der Waals surface area contributed by atoms with Crippen molar-refractivity contribution in [3.05, 3.63) is 5.69 Å². The number of rotatable bonds is 5. The van der Waals surface area contributed by atoms with Crippen LogP contribution in [0.5, 0.6) is 0 Å². The number of nitrogens with one attached hydrogen (secondary N) is 1. The zero-order valence-corrected chi connectivity index (χ0v) is 12.9. The van der Waals surface area contributed by atoms with Crippen LogP contribution in [0.1, 0.15) is 19.5 Å². The molecule has 1 heterocycles. The molecule has 0 aliphatic heterocycles. The Labute approximate surface area is 116 Å². The van der Waals surface area contributed by atoms with Gasteiger partial charge in [-0.2, -0.15) is 4.31 Å². The minimum atomic E-state index is -3.56. The summed E-state index contributed by atoms with van der Waals surface area (Å²) in [4.78, 5) is 15.1. The van der Waals surface area contributed by atoms with Gasteiger partial charge in [0.1, 0.15) is 0 Å². The third-order valence-corrected chi connectivity index (χ3v) is 6.14. The second-order valence-electron chi connectivity index (χ2n) is 3.60. The molecule has 9 heteroatoms. The summed E-state index contributed by atoms with van der Waals surface area (Å²) in [6, 6.07) is 0. The summed E-state index contributed by atoms with van der Waals surface area (Å²) in [6.45, 7) is 5.90. The molecule has 1 N–H and O–H groups in total. The maximum Gasteiger partial charge on any atom is 0.413 e. The van der Waals surface area contributed by atoms with Crippen molar-refractivity contribution < 1.29 is 17.9 Å². The molecule has 1 aromatic rings. The molecule has 1 rings (SSSR count). The molecule has 0 aromatic carbocycles. The summed E-state index contributed by atoms with van der Waals surface area (Å²) in [7, 11) is -2.33. The maximum absolute atomic E-state index is 12.3. The largest absolute Gasteiger partial charge is 0.453 e. The van der Waals surface area contributed by atoms with E-state index in [9.17, 15) is 13.2 Å². The van der Waals surface area contributed by atoms with Gasteiger partial charge in [-0.3, -0.25) is 5.32 Å². The van der Waals surface area contributed by atoms with Crippen molar-refractivity contribution in [1.29, 1.82) is 0 Å². The lowest BCUT2D eigenvalue weighted by Crippen LogP contribution is -2.30. The number of ether oxygens (including phenoxy) is 1. The lowest BCUT2D eigenvalue weighted by molar-refractivity contribution is 0.187. The zero-order chi connectivity index (χ0) is 14.6. The summed E-state index contributed by atoms with van der Waals surface area (Å²) in [6.07, 6.45) is -0.680. The van der Waals surface area contributed by atoms with Crippen LogP contribution in [-0.2, 0) is 14.8 Å². The first-order chi connectivity index (χ1) is 8.86. The van der Waals surface area contributed by atoms with Crippen molar-refractivity contribution in [2.24, 2.45) is 0 Å². The first-order valence-electron chi connectivity index (χ1n) is 5.69. The van der Waals surface area contributed by atoms with Gasteiger partial charge in [0.2, 0.25) is 0 Å². The Morgan fingerprint density at radius 3 is 2.47 bits per heavy atom. The van der Waals surface area contributed by atoms with Crippen LogP contribution in [0.3, 0.4) is 0 Å². The molecule has 0 aliphatic rings. The van der Waals surface area contributed by atoms with Crippen LogP contribution in [0, 0.1) is 6.92 Å². The van der Waals surface area contributed by atoms with E-state index in [0.717, 1.165) is 11.3 Å². The summed E-state index contributed by atoms with van der Waals surface area (Å²) in [5.74, 6) is 0. The number of hydrogen-bond acceptors (Lipinski definition) is 6. The fourth-order valence-electron chi connectivity index (χ4n) is 1.49. The van der Waals surface area contributed by atoms with E-state index in [2.05, 4.69) is 15.0 Å². The number of amides is 1. The molecule has 0 radical (unpaired) electrons. The second-order valence-corrected chi connectivity index (χ2v) is 6.73. The third kappa shape index (κ3) is 3.43. The average Bonchev–Trinajstić information content (AvgIpc) is 2.71. The van der Waals surface area contributed by atoms with Crippen molar-refractivity contribution in [2.75, 3.05) is 25.5 Å². The van der Waals surface area contributed by atoms with E-state index in [1.165, 1.54) is 11.4 Å². The summed E-state index contributed by atoms with van der Waals surface area (Å²) < 4.78 is 30.6. The Bertz CT molecular complexity index is 549. The number of anilines is 1. The number of aromatic nitrogens is 1. The lowest BCUT2D eigenvalue weighted by atomic mass is 10.6. The second kappa shape index (κ2) is 6.31. The standard InChI is InChI=1S/C10H17N3O4S2/c1-5-13(6-2)19(15,16)8-7(3)11-9(18-8)12-10(14)17-4/h5-6H2,1-4H3,(H,11,12,14). The number of nitrogens with zero attached hydrogens (tertiary/aromatic N) is 2. The van der Waals surface area contributed by atoms with Crippen LogP contribution in [0.15, 0.2) is 4.21 Å². The molecular weight excluding hydrogens is 290 g/mol. The van der Waals surface area contributed by atoms with E-state index in [0.29, 0.717) is 18.8 Å². The van der Waals surface area contributed by atoms with Crippen molar-refractivity contribution in [1.82, 2.24) is 9.29 Å². The van der Waals surface area contributed by atoms with E-state index in [1.807, 2.05) is 0 Å². The van der Waals surface area contributed by atoms with E-state index < -0.39 is 16.1 Å². The van der Waals surface area contributed by atoms with Crippen LogP contribution in [0.25, 0.3) is 0 Å². The maximum atomic E-state index is 12.3. The molecule has 0 spiro atoms. The molecular formula is C10H17N3O4S2. The van der Waals surface area contributed by atoms with E-state index in [4.69, 9.17) is 0 Å². The average molecular weight is 307 g/mol. The highest BCUT2D eigenvalue weighted by Gasteiger charge is 2.27. The van der Waals surface area contributed by atoms with Crippen LogP contribution >= 0.6 is 11.3 Å². The van der Waals surface area contributed by atoms with Gasteiger partial charge in [-0.25, -0.2) is 18.2 Å². The normalized spacial score (nSPS) is 11.6. The Kier molecular flexibility index (Phi) is 5.27. The number of thiazole rings is 1. The zero-order valence-electron chi connectivity index (χ0n) is 11.3. The van der Waals surface area contributed by atoms with Gasteiger partial charge in [-0.05, 0) is 6.92 Å². The molecule has 0 unspecified atom stereocenters. The van der Waals surface area contributed by atoms with E-state index >= 15 is 0 Å². The van der Waals surface area contributed by atoms with Crippen LogP contribution in [-0.4, -0.2) is 44.0 Å². The molecule has 0 fully saturated rings. The Morgan fingerprint density at radius 1 is 1.42 bits per heavy atom. The van der Waals surface area contributed by atoms with Gasteiger partial charge in [-0.15, -0.1) is 0 Å². The van der Waals surface area contributed by atoms with Crippen LogP contribution < -0.4 is 5.32 Å². The number of sulfonamides is 1. The Hall–Kier alpha value is -1.19. The van der Waals surface area contributed by atoms with Gasteiger partial charge < -0.3 is 4.74 Å². The highest BCUT2D eigenvalue weighted by atomic mass is 32.2. The lowest BCUT2D eigenvalue weighted by Gasteiger charge is -2.17. The van der Waals surface area contributed by atoms with Crippen molar-refractivity contribution in [3.8, 4) is 0 Å². The summed E-state index contributed by atoms with van der Waals surface area (Å²) in [5.41, 5.74) is 0.364. The quantitative estimate of drug-likeness (QED) is 0.893. The molecule has 0 bridgehead atoms. The molecule has 7 nitrogen and oxygen atoms in total. The predicted molar refractivity (Wildman–Crippen MR) is 73.0 cm³/mol.